The fourth-order valence-corrected chi connectivity index (χ4v) is 2.46. The monoisotopic (exact) mass is 381 g/mol. The van der Waals surface area contributed by atoms with E-state index in [4.69, 9.17) is 51.3 Å². The summed E-state index contributed by atoms with van der Waals surface area (Å²) >= 11 is 17.0. The molecule has 1 heterocycles. The van der Waals surface area contributed by atoms with Crippen LogP contribution in [0.5, 0.6) is 11.5 Å². The molecule has 2 aromatic rings. The van der Waals surface area contributed by atoms with E-state index in [-0.39, 0.29) is 23.2 Å². The van der Waals surface area contributed by atoms with Crippen LogP contribution in [-0.4, -0.2) is 27.9 Å². The van der Waals surface area contributed by atoms with Crippen LogP contribution in [0.3, 0.4) is 0 Å². The highest BCUT2D eigenvalue weighted by molar-refractivity contribution is 7.80. The number of benzene rings is 1. The second-order valence-corrected chi connectivity index (χ2v) is 5.98. The molecule has 1 unspecified atom stereocenters. The molecule has 0 aliphatic rings. The molecule has 2 rings (SSSR count). The van der Waals surface area contributed by atoms with Crippen LogP contribution >= 0.6 is 35.4 Å². The summed E-state index contributed by atoms with van der Waals surface area (Å²) in [6.45, 7) is 1.77. The maximum Gasteiger partial charge on any atom is 0.201 e. The number of thiocarbonyl (C=S) groups is 1. The van der Waals surface area contributed by atoms with Gasteiger partial charge in [0, 0.05) is 11.8 Å². The van der Waals surface area contributed by atoms with Gasteiger partial charge in [-0.15, -0.1) is 6.42 Å². The number of halogens is 2. The number of pyridine rings is 1. The second-order valence-electron chi connectivity index (χ2n) is 4.74. The molecule has 0 bridgehead atoms. The summed E-state index contributed by atoms with van der Waals surface area (Å²) in [7, 11) is 0. The van der Waals surface area contributed by atoms with E-state index >= 15 is 0 Å². The molecule has 1 atom stereocenters. The van der Waals surface area contributed by atoms with E-state index in [0.29, 0.717) is 21.3 Å². The smallest absolute Gasteiger partial charge is 0.201 e. The van der Waals surface area contributed by atoms with Gasteiger partial charge < -0.3 is 14.6 Å². The number of hydrogen-bond acceptors (Lipinski definition) is 5. The van der Waals surface area contributed by atoms with Crippen LogP contribution in [-0.2, 0) is 4.74 Å². The Kier molecular flexibility index (Phi) is 6.27. The lowest BCUT2D eigenvalue weighted by atomic mass is 10.1. The molecule has 0 saturated heterocycles. The highest BCUT2D eigenvalue weighted by atomic mass is 35.5. The number of aromatic nitrogens is 1. The summed E-state index contributed by atoms with van der Waals surface area (Å²) in [5, 5.41) is 11.2. The lowest BCUT2D eigenvalue weighted by Gasteiger charge is -2.16. The minimum Gasteiger partial charge on any atom is -0.504 e. The number of aromatic hydroxyl groups is 1. The van der Waals surface area contributed by atoms with Crippen molar-refractivity contribution in [2.75, 3.05) is 6.61 Å². The molecule has 124 valence electrons. The van der Waals surface area contributed by atoms with Crippen molar-refractivity contribution in [2.45, 2.75) is 13.0 Å². The van der Waals surface area contributed by atoms with Crippen LogP contribution in [0.25, 0.3) is 11.3 Å². The van der Waals surface area contributed by atoms with E-state index in [1.165, 1.54) is 12.3 Å². The third-order valence-corrected chi connectivity index (χ3v) is 3.92. The first-order chi connectivity index (χ1) is 11.4. The van der Waals surface area contributed by atoms with Crippen molar-refractivity contribution >= 4 is 40.5 Å². The molecule has 4 nitrogen and oxygen atoms in total. The van der Waals surface area contributed by atoms with E-state index < -0.39 is 6.10 Å². The average Bonchev–Trinajstić information content (AvgIpc) is 2.54. The summed E-state index contributed by atoms with van der Waals surface area (Å²) < 4.78 is 10.7. The lowest BCUT2D eigenvalue weighted by molar-refractivity contribution is 0.231. The zero-order chi connectivity index (χ0) is 17.7. The third-order valence-electron chi connectivity index (χ3n) is 2.97. The number of phenols is 1. The first-order valence-electron chi connectivity index (χ1n) is 6.83. The topological polar surface area (TPSA) is 51.6 Å². The minimum absolute atomic E-state index is 0.0676. The molecule has 0 saturated carbocycles. The Bertz CT molecular complexity index is 805. The Labute approximate surface area is 155 Å². The van der Waals surface area contributed by atoms with Gasteiger partial charge in [0.25, 0.3) is 0 Å². The van der Waals surface area contributed by atoms with Gasteiger partial charge in [0.15, 0.2) is 17.6 Å². The summed E-state index contributed by atoms with van der Waals surface area (Å²) in [4.78, 5) is 4.17. The van der Waals surface area contributed by atoms with Crippen molar-refractivity contribution in [3.8, 4) is 35.1 Å². The molecule has 0 radical (unpaired) electrons. The van der Waals surface area contributed by atoms with Gasteiger partial charge in [0.1, 0.15) is 6.61 Å². The molecular weight excluding hydrogens is 369 g/mol. The Hall–Kier alpha value is -2.00. The number of terminal acetylenes is 1. The largest absolute Gasteiger partial charge is 0.504 e. The average molecular weight is 382 g/mol. The van der Waals surface area contributed by atoms with Crippen molar-refractivity contribution in [3.63, 3.8) is 0 Å². The fraction of sp³-hybridized carbons (Fsp3) is 0.176. The number of ether oxygens (including phenoxy) is 2. The highest BCUT2D eigenvalue weighted by Crippen LogP contribution is 2.34. The van der Waals surface area contributed by atoms with Crippen LogP contribution in [0, 0.1) is 12.3 Å². The predicted octanol–water partition coefficient (Wildman–Crippen LogP) is 4.51. The van der Waals surface area contributed by atoms with E-state index in [1.54, 1.807) is 25.1 Å². The van der Waals surface area contributed by atoms with Crippen LogP contribution in [0.4, 0.5) is 0 Å². The zero-order valence-corrected chi connectivity index (χ0v) is 15.0. The molecule has 0 amide bonds. The molecule has 0 aliphatic carbocycles. The van der Waals surface area contributed by atoms with Gasteiger partial charge >= 0.3 is 0 Å². The predicted molar refractivity (Wildman–Crippen MR) is 98.8 cm³/mol. The van der Waals surface area contributed by atoms with Gasteiger partial charge in [-0.05, 0) is 43.4 Å². The lowest BCUT2D eigenvalue weighted by Crippen LogP contribution is -2.24. The molecule has 1 N–H and O–H groups in total. The quantitative estimate of drug-likeness (QED) is 0.609. The SMILES string of the molecule is C#CCOC(=S)C(C)Oc1ccc(-c2ncc(Cl)cc2Cl)cc1O. The van der Waals surface area contributed by atoms with Crippen molar-refractivity contribution in [3.05, 3.63) is 40.5 Å². The Morgan fingerprint density at radius 3 is 2.79 bits per heavy atom. The van der Waals surface area contributed by atoms with Crippen LogP contribution in [0.15, 0.2) is 30.5 Å². The summed E-state index contributed by atoms with van der Waals surface area (Å²) in [6.07, 6.45) is 6.03. The summed E-state index contributed by atoms with van der Waals surface area (Å²) in [5.41, 5.74) is 1.13. The summed E-state index contributed by atoms with van der Waals surface area (Å²) in [6, 6.07) is 6.39. The maximum atomic E-state index is 10.2. The Balaban J connectivity index is 2.18. The molecule has 0 spiro atoms. The van der Waals surface area contributed by atoms with Gasteiger partial charge in [-0.25, -0.2) is 0 Å². The Morgan fingerprint density at radius 1 is 1.42 bits per heavy atom. The number of hydrogen-bond donors (Lipinski definition) is 1. The van der Waals surface area contributed by atoms with E-state index in [9.17, 15) is 5.11 Å². The van der Waals surface area contributed by atoms with E-state index in [1.807, 2.05) is 0 Å². The molecule has 1 aromatic heterocycles. The van der Waals surface area contributed by atoms with Gasteiger partial charge in [0.2, 0.25) is 5.05 Å². The maximum absolute atomic E-state index is 10.2. The van der Waals surface area contributed by atoms with Gasteiger partial charge in [-0.3, -0.25) is 4.98 Å². The van der Waals surface area contributed by atoms with Gasteiger partial charge in [0.05, 0.1) is 15.7 Å². The first kappa shape index (κ1) is 18.3. The van der Waals surface area contributed by atoms with Gasteiger partial charge in [-0.2, -0.15) is 0 Å². The minimum atomic E-state index is -0.553. The number of nitrogens with zero attached hydrogens (tertiary/aromatic N) is 1. The van der Waals surface area contributed by atoms with Crippen LogP contribution in [0.2, 0.25) is 10.0 Å². The first-order valence-corrected chi connectivity index (χ1v) is 8.00. The highest BCUT2D eigenvalue weighted by Gasteiger charge is 2.15. The molecule has 1 aromatic carbocycles. The Morgan fingerprint density at radius 2 is 2.17 bits per heavy atom. The van der Waals surface area contributed by atoms with Gasteiger partial charge in [-0.1, -0.05) is 29.1 Å². The number of rotatable bonds is 5. The molecule has 7 heteroatoms. The molecule has 0 aliphatic heterocycles. The van der Waals surface area contributed by atoms with Crippen molar-refractivity contribution in [1.82, 2.24) is 4.98 Å². The fourth-order valence-electron chi connectivity index (χ4n) is 1.86. The summed E-state index contributed by atoms with van der Waals surface area (Å²) in [5.74, 6) is 2.50. The zero-order valence-electron chi connectivity index (χ0n) is 12.6. The molecule has 0 fully saturated rings. The van der Waals surface area contributed by atoms with Crippen molar-refractivity contribution in [1.29, 1.82) is 0 Å². The normalized spacial score (nSPS) is 11.4. The third kappa shape index (κ3) is 4.51. The number of phenolic OH excluding ortho intramolecular Hbond substituents is 1. The van der Waals surface area contributed by atoms with Crippen LogP contribution in [0.1, 0.15) is 6.92 Å². The standard InChI is InChI=1S/C17H13Cl2NO3S/c1-3-6-22-17(24)10(2)23-15-5-4-11(7-14(15)21)16-13(19)8-12(18)9-20-16/h1,4-5,7-10,21H,6H2,2H3. The van der Waals surface area contributed by atoms with Crippen LogP contribution < -0.4 is 4.74 Å². The molecular formula is C17H13Cl2NO3S. The van der Waals surface area contributed by atoms with E-state index in [2.05, 4.69) is 10.9 Å². The molecule has 24 heavy (non-hydrogen) atoms. The second kappa shape index (κ2) is 8.20. The van der Waals surface area contributed by atoms with Crippen molar-refractivity contribution in [2.24, 2.45) is 0 Å². The van der Waals surface area contributed by atoms with Crippen molar-refractivity contribution < 1.29 is 14.6 Å². The van der Waals surface area contributed by atoms with E-state index in [0.717, 1.165) is 0 Å².